The zero-order chi connectivity index (χ0) is 13.8. The van der Waals surface area contributed by atoms with Gasteiger partial charge < -0.3 is 10.6 Å². The minimum Gasteiger partial charge on any atom is -0.343 e. The minimum atomic E-state index is -0.116. The van der Waals surface area contributed by atoms with Crippen LogP contribution >= 0.6 is 23.2 Å². The summed E-state index contributed by atoms with van der Waals surface area (Å²) in [5.74, 6) is 0.0261. The van der Waals surface area contributed by atoms with Gasteiger partial charge in [-0.05, 0) is 37.1 Å². The molecule has 0 radical (unpaired) electrons. The first-order valence-electron chi connectivity index (χ1n) is 6.55. The normalized spacial score (nSPS) is 16.7. The van der Waals surface area contributed by atoms with Crippen LogP contribution in [0.25, 0.3) is 0 Å². The van der Waals surface area contributed by atoms with Gasteiger partial charge in [0.15, 0.2) is 0 Å². The predicted octanol–water partition coefficient (Wildman–Crippen LogP) is 3.05. The molecule has 1 saturated heterocycles. The highest BCUT2D eigenvalue weighted by molar-refractivity contribution is 6.36. The molecule has 1 amide bonds. The summed E-state index contributed by atoms with van der Waals surface area (Å²) in [6, 6.07) is 5.36. The Morgan fingerprint density at radius 1 is 1.26 bits per heavy atom. The molecule has 1 aromatic rings. The van der Waals surface area contributed by atoms with Crippen LogP contribution in [0.15, 0.2) is 18.2 Å². The Morgan fingerprint density at radius 3 is 2.37 bits per heavy atom. The molecule has 104 valence electrons. The van der Waals surface area contributed by atoms with Gasteiger partial charge in [0.1, 0.15) is 0 Å². The van der Waals surface area contributed by atoms with Crippen molar-refractivity contribution >= 4 is 29.1 Å². The third-order valence-corrected chi connectivity index (χ3v) is 4.23. The van der Waals surface area contributed by atoms with Gasteiger partial charge in [-0.1, -0.05) is 29.3 Å². The van der Waals surface area contributed by atoms with Crippen molar-refractivity contribution in [2.75, 3.05) is 19.6 Å². The number of nitrogens with two attached hydrogens (primary N) is 1. The first-order valence-corrected chi connectivity index (χ1v) is 7.31. The molecule has 0 spiro atoms. The molecule has 1 atom stereocenters. The van der Waals surface area contributed by atoms with E-state index in [-0.39, 0.29) is 11.8 Å². The lowest BCUT2D eigenvalue weighted by Gasteiger charge is -2.21. The van der Waals surface area contributed by atoms with E-state index in [4.69, 9.17) is 28.9 Å². The largest absolute Gasteiger partial charge is 0.343 e. The van der Waals surface area contributed by atoms with Crippen LogP contribution < -0.4 is 5.73 Å². The van der Waals surface area contributed by atoms with Gasteiger partial charge in [0.2, 0.25) is 5.91 Å². The number of carbonyl (C=O) groups excluding carboxylic acids is 1. The molecule has 2 rings (SSSR count). The van der Waals surface area contributed by atoms with E-state index in [9.17, 15) is 4.79 Å². The van der Waals surface area contributed by atoms with Crippen molar-refractivity contribution in [1.29, 1.82) is 0 Å². The number of carbonyl (C=O) groups is 1. The fraction of sp³-hybridized carbons (Fsp3) is 0.500. The first-order chi connectivity index (χ1) is 9.13. The topological polar surface area (TPSA) is 46.3 Å². The molecule has 0 aliphatic carbocycles. The molecule has 1 unspecified atom stereocenters. The van der Waals surface area contributed by atoms with Gasteiger partial charge in [0.05, 0.1) is 0 Å². The fourth-order valence-corrected chi connectivity index (χ4v) is 3.22. The summed E-state index contributed by atoms with van der Waals surface area (Å²) < 4.78 is 0. The van der Waals surface area contributed by atoms with E-state index in [2.05, 4.69) is 0 Å². The molecular weight excluding hydrogens is 283 g/mol. The molecule has 3 nitrogen and oxygen atoms in total. The van der Waals surface area contributed by atoms with Gasteiger partial charge in [-0.2, -0.15) is 0 Å². The van der Waals surface area contributed by atoms with Crippen LogP contribution in [0.4, 0.5) is 0 Å². The van der Waals surface area contributed by atoms with E-state index in [1.807, 2.05) is 4.90 Å². The standard InChI is InChI=1S/C14H18Cl2N2O/c15-11-4-3-5-12(16)14(11)10(9-17)8-13(19)18-6-1-2-7-18/h3-5,10H,1-2,6-9,17H2. The van der Waals surface area contributed by atoms with Crippen LogP contribution in [0.3, 0.4) is 0 Å². The predicted molar refractivity (Wildman–Crippen MR) is 78.7 cm³/mol. The minimum absolute atomic E-state index is 0.116. The molecule has 0 aromatic heterocycles. The Labute approximate surface area is 123 Å². The number of benzene rings is 1. The Hall–Kier alpha value is -0.770. The molecule has 1 aliphatic heterocycles. The van der Waals surface area contributed by atoms with Gasteiger partial charge in [-0.15, -0.1) is 0 Å². The third-order valence-electron chi connectivity index (χ3n) is 3.57. The summed E-state index contributed by atoms with van der Waals surface area (Å²) >= 11 is 12.4. The molecule has 5 heteroatoms. The van der Waals surface area contributed by atoms with Gasteiger partial charge in [0.25, 0.3) is 0 Å². The average molecular weight is 301 g/mol. The second-order valence-corrected chi connectivity index (χ2v) is 5.67. The lowest BCUT2D eigenvalue weighted by Crippen LogP contribution is -2.30. The molecule has 0 saturated carbocycles. The molecule has 2 N–H and O–H groups in total. The number of hydrogen-bond acceptors (Lipinski definition) is 2. The number of halogens is 2. The Balaban J connectivity index is 2.13. The van der Waals surface area contributed by atoms with Gasteiger partial charge in [-0.25, -0.2) is 0 Å². The van der Waals surface area contributed by atoms with E-state index < -0.39 is 0 Å². The van der Waals surface area contributed by atoms with Crippen LogP contribution in [0, 0.1) is 0 Å². The Kier molecular flexibility index (Phi) is 5.08. The fourth-order valence-electron chi connectivity index (χ4n) is 2.51. The average Bonchev–Trinajstić information content (AvgIpc) is 2.91. The van der Waals surface area contributed by atoms with Gasteiger partial charge in [-0.3, -0.25) is 4.79 Å². The van der Waals surface area contributed by atoms with Crippen LogP contribution in [-0.2, 0) is 4.79 Å². The van der Waals surface area contributed by atoms with E-state index in [0.29, 0.717) is 23.0 Å². The molecule has 0 bridgehead atoms. The number of rotatable bonds is 4. The maximum absolute atomic E-state index is 12.2. The van der Waals surface area contributed by atoms with E-state index in [1.54, 1.807) is 18.2 Å². The second kappa shape index (κ2) is 6.60. The summed E-state index contributed by atoms with van der Waals surface area (Å²) in [6.45, 7) is 2.07. The van der Waals surface area contributed by atoms with E-state index >= 15 is 0 Å². The first kappa shape index (κ1) is 14.6. The van der Waals surface area contributed by atoms with Crippen molar-refractivity contribution in [3.8, 4) is 0 Å². The summed E-state index contributed by atoms with van der Waals surface area (Å²) in [4.78, 5) is 14.1. The van der Waals surface area contributed by atoms with E-state index in [0.717, 1.165) is 31.5 Å². The van der Waals surface area contributed by atoms with Gasteiger partial charge >= 0.3 is 0 Å². The molecule has 1 fully saturated rings. The summed E-state index contributed by atoms with van der Waals surface area (Å²) in [5.41, 5.74) is 6.59. The third kappa shape index (κ3) is 3.41. The summed E-state index contributed by atoms with van der Waals surface area (Å²) in [5, 5.41) is 1.16. The van der Waals surface area contributed by atoms with Crippen LogP contribution in [0.1, 0.15) is 30.7 Å². The maximum Gasteiger partial charge on any atom is 0.223 e. The zero-order valence-corrected chi connectivity index (χ0v) is 12.3. The summed E-state index contributed by atoms with van der Waals surface area (Å²) in [7, 11) is 0. The number of nitrogens with zero attached hydrogens (tertiary/aromatic N) is 1. The highest BCUT2D eigenvalue weighted by atomic mass is 35.5. The number of amides is 1. The van der Waals surface area contributed by atoms with Crippen molar-refractivity contribution in [1.82, 2.24) is 4.90 Å². The smallest absolute Gasteiger partial charge is 0.223 e. The number of likely N-dealkylation sites (tertiary alicyclic amines) is 1. The quantitative estimate of drug-likeness (QED) is 0.929. The van der Waals surface area contributed by atoms with Crippen molar-refractivity contribution in [2.24, 2.45) is 5.73 Å². The lowest BCUT2D eigenvalue weighted by molar-refractivity contribution is -0.130. The number of hydrogen-bond donors (Lipinski definition) is 1. The monoisotopic (exact) mass is 300 g/mol. The van der Waals surface area contributed by atoms with Crippen molar-refractivity contribution in [3.05, 3.63) is 33.8 Å². The van der Waals surface area contributed by atoms with Crippen LogP contribution in [0.5, 0.6) is 0 Å². The Bertz CT molecular complexity index is 439. The molecule has 1 aromatic carbocycles. The second-order valence-electron chi connectivity index (χ2n) is 4.86. The zero-order valence-electron chi connectivity index (χ0n) is 10.7. The van der Waals surface area contributed by atoms with Crippen LogP contribution in [-0.4, -0.2) is 30.4 Å². The maximum atomic E-state index is 12.2. The van der Waals surface area contributed by atoms with E-state index in [1.165, 1.54) is 0 Å². The molecule has 19 heavy (non-hydrogen) atoms. The Morgan fingerprint density at radius 2 is 1.84 bits per heavy atom. The van der Waals surface area contributed by atoms with Crippen molar-refractivity contribution in [2.45, 2.75) is 25.2 Å². The molecular formula is C14H18Cl2N2O. The lowest BCUT2D eigenvalue weighted by atomic mass is 9.95. The highest BCUT2D eigenvalue weighted by Crippen LogP contribution is 2.33. The molecule has 1 heterocycles. The SMILES string of the molecule is NCC(CC(=O)N1CCCC1)c1c(Cl)cccc1Cl. The summed E-state index contributed by atoms with van der Waals surface area (Å²) in [6.07, 6.45) is 2.55. The van der Waals surface area contributed by atoms with Crippen molar-refractivity contribution in [3.63, 3.8) is 0 Å². The molecule has 1 aliphatic rings. The highest BCUT2D eigenvalue weighted by Gasteiger charge is 2.24. The van der Waals surface area contributed by atoms with Gasteiger partial charge in [0, 0.05) is 35.5 Å². The van der Waals surface area contributed by atoms with Crippen molar-refractivity contribution < 1.29 is 4.79 Å². The van der Waals surface area contributed by atoms with Crippen LogP contribution in [0.2, 0.25) is 10.0 Å².